The van der Waals surface area contributed by atoms with Gasteiger partial charge in [0, 0.05) is 9.79 Å². The summed E-state index contributed by atoms with van der Waals surface area (Å²) in [4.78, 5) is 17.1. The van der Waals surface area contributed by atoms with E-state index in [0.717, 1.165) is 24.2 Å². The van der Waals surface area contributed by atoms with E-state index in [1.54, 1.807) is 11.8 Å². The van der Waals surface area contributed by atoms with Gasteiger partial charge in [-0.05, 0) is 43.0 Å². The number of anilines is 2. The Morgan fingerprint density at radius 3 is 2.04 bits per heavy atom. The van der Waals surface area contributed by atoms with Crippen molar-refractivity contribution in [2.75, 3.05) is 4.90 Å². The molecule has 1 aliphatic heterocycles. The summed E-state index contributed by atoms with van der Waals surface area (Å²) in [6.45, 7) is 0. The Kier molecular flexibility index (Phi) is 4.23. The first-order valence-corrected chi connectivity index (χ1v) is 9.52. The number of amides is 1. The van der Waals surface area contributed by atoms with Gasteiger partial charge in [-0.1, -0.05) is 55.3 Å². The van der Waals surface area contributed by atoms with E-state index in [-0.39, 0.29) is 11.9 Å². The number of benzene rings is 2. The van der Waals surface area contributed by atoms with Gasteiger partial charge in [-0.3, -0.25) is 4.79 Å². The standard InChI is InChI=1S/C20H22N2OS/c21-20(23)19(14-8-2-1-3-9-14)22-15-10-4-6-12-17(15)24-18-13-7-5-11-16(18)22/h4-7,10-14,19H,1-3,8-9H2,(H2,21,23). The van der Waals surface area contributed by atoms with Crippen LogP contribution in [-0.2, 0) is 4.79 Å². The predicted octanol–water partition coefficient (Wildman–Crippen LogP) is 4.72. The molecule has 2 aromatic carbocycles. The molecule has 2 N–H and O–H groups in total. The molecule has 0 aromatic heterocycles. The molecule has 0 saturated heterocycles. The number of fused-ring (bicyclic) bond motifs is 2. The van der Waals surface area contributed by atoms with Crippen LogP contribution >= 0.6 is 11.8 Å². The Morgan fingerprint density at radius 2 is 1.50 bits per heavy atom. The molecule has 3 nitrogen and oxygen atoms in total. The van der Waals surface area contributed by atoms with E-state index < -0.39 is 0 Å². The number of carbonyl (C=O) groups excluding carboxylic acids is 1. The lowest BCUT2D eigenvalue weighted by molar-refractivity contribution is -0.120. The van der Waals surface area contributed by atoms with Crippen LogP contribution in [0.4, 0.5) is 11.4 Å². The lowest BCUT2D eigenvalue weighted by Gasteiger charge is -2.41. The summed E-state index contributed by atoms with van der Waals surface area (Å²) in [5.41, 5.74) is 8.14. The van der Waals surface area contributed by atoms with E-state index in [0.29, 0.717) is 5.92 Å². The highest BCUT2D eigenvalue weighted by Gasteiger charge is 2.37. The third-order valence-electron chi connectivity index (χ3n) is 5.14. The van der Waals surface area contributed by atoms with Crippen LogP contribution in [-0.4, -0.2) is 11.9 Å². The minimum absolute atomic E-state index is 0.210. The second-order valence-electron chi connectivity index (χ2n) is 6.65. The quantitative estimate of drug-likeness (QED) is 0.880. The highest BCUT2D eigenvalue weighted by Crippen LogP contribution is 2.50. The first kappa shape index (κ1) is 15.6. The van der Waals surface area contributed by atoms with Gasteiger partial charge < -0.3 is 10.6 Å². The maximum Gasteiger partial charge on any atom is 0.240 e. The largest absolute Gasteiger partial charge is 0.368 e. The van der Waals surface area contributed by atoms with E-state index in [1.165, 1.54) is 29.1 Å². The molecule has 1 fully saturated rings. The Bertz CT molecular complexity index is 709. The van der Waals surface area contributed by atoms with Gasteiger partial charge in [-0.25, -0.2) is 0 Å². The molecule has 0 radical (unpaired) electrons. The summed E-state index contributed by atoms with van der Waals surface area (Å²) in [5.74, 6) is 0.124. The van der Waals surface area contributed by atoms with Crippen LogP contribution in [0, 0.1) is 5.92 Å². The van der Waals surface area contributed by atoms with Crippen molar-refractivity contribution in [2.45, 2.75) is 47.9 Å². The minimum atomic E-state index is -0.270. The Labute approximate surface area is 147 Å². The molecule has 1 aliphatic carbocycles. The van der Waals surface area contributed by atoms with Crippen LogP contribution in [0.2, 0.25) is 0 Å². The van der Waals surface area contributed by atoms with Gasteiger partial charge in [0.15, 0.2) is 0 Å². The Hall–Kier alpha value is -1.94. The first-order valence-electron chi connectivity index (χ1n) is 8.70. The zero-order chi connectivity index (χ0) is 16.5. The SMILES string of the molecule is NC(=O)C(C1CCCCC1)N1c2ccccc2Sc2ccccc21. The third kappa shape index (κ3) is 2.69. The average Bonchev–Trinajstić information content (AvgIpc) is 2.62. The van der Waals surface area contributed by atoms with Crippen LogP contribution in [0.5, 0.6) is 0 Å². The normalized spacial score (nSPS) is 18.6. The molecule has 0 spiro atoms. The maximum atomic E-state index is 12.5. The summed E-state index contributed by atoms with van der Waals surface area (Å²) >= 11 is 1.77. The minimum Gasteiger partial charge on any atom is -0.368 e. The lowest BCUT2D eigenvalue weighted by Crippen LogP contribution is -2.48. The second kappa shape index (κ2) is 6.52. The number of hydrogen-bond acceptors (Lipinski definition) is 3. The number of nitrogens with two attached hydrogens (primary N) is 1. The third-order valence-corrected chi connectivity index (χ3v) is 6.27. The highest BCUT2D eigenvalue weighted by molar-refractivity contribution is 7.99. The molecule has 1 unspecified atom stereocenters. The van der Waals surface area contributed by atoms with Gasteiger partial charge in [0.1, 0.15) is 6.04 Å². The fourth-order valence-corrected chi connectivity index (χ4v) is 5.13. The maximum absolute atomic E-state index is 12.5. The van der Waals surface area contributed by atoms with Crippen LogP contribution in [0.1, 0.15) is 32.1 Å². The van der Waals surface area contributed by atoms with Crippen LogP contribution in [0.15, 0.2) is 58.3 Å². The molecule has 2 aliphatic rings. The molecular formula is C20H22N2OS. The molecule has 0 bridgehead atoms. The Morgan fingerprint density at radius 1 is 0.958 bits per heavy atom. The van der Waals surface area contributed by atoms with Gasteiger partial charge in [0.2, 0.25) is 5.91 Å². The topological polar surface area (TPSA) is 46.3 Å². The van der Waals surface area contributed by atoms with E-state index >= 15 is 0 Å². The molecule has 1 atom stereocenters. The molecule has 1 heterocycles. The van der Waals surface area contributed by atoms with Crippen molar-refractivity contribution in [1.29, 1.82) is 0 Å². The summed E-state index contributed by atoms with van der Waals surface area (Å²) in [6.07, 6.45) is 5.83. The number of hydrogen-bond donors (Lipinski definition) is 1. The smallest absolute Gasteiger partial charge is 0.240 e. The van der Waals surface area contributed by atoms with Crippen LogP contribution in [0.3, 0.4) is 0 Å². The summed E-state index contributed by atoms with van der Waals surface area (Å²) < 4.78 is 0. The highest BCUT2D eigenvalue weighted by atomic mass is 32.2. The van der Waals surface area contributed by atoms with Gasteiger partial charge in [0.05, 0.1) is 11.4 Å². The van der Waals surface area contributed by atoms with Crippen LogP contribution in [0.25, 0.3) is 0 Å². The van der Waals surface area contributed by atoms with Crippen molar-refractivity contribution in [2.24, 2.45) is 11.7 Å². The number of carbonyl (C=O) groups is 1. The van der Waals surface area contributed by atoms with Gasteiger partial charge in [-0.15, -0.1) is 0 Å². The fraction of sp³-hybridized carbons (Fsp3) is 0.350. The number of para-hydroxylation sites is 2. The molecule has 124 valence electrons. The van der Waals surface area contributed by atoms with E-state index in [4.69, 9.17) is 5.73 Å². The van der Waals surface area contributed by atoms with Gasteiger partial charge >= 0.3 is 0 Å². The van der Waals surface area contributed by atoms with Gasteiger partial charge in [-0.2, -0.15) is 0 Å². The summed E-state index contributed by atoms with van der Waals surface area (Å²) in [6, 6.07) is 16.4. The zero-order valence-corrected chi connectivity index (χ0v) is 14.5. The van der Waals surface area contributed by atoms with E-state index in [2.05, 4.69) is 41.3 Å². The molecule has 1 saturated carbocycles. The Balaban J connectivity index is 1.84. The van der Waals surface area contributed by atoms with Crippen molar-refractivity contribution in [3.05, 3.63) is 48.5 Å². The first-order chi connectivity index (χ1) is 11.8. The van der Waals surface area contributed by atoms with Crippen molar-refractivity contribution in [3.8, 4) is 0 Å². The summed E-state index contributed by atoms with van der Waals surface area (Å²) in [5, 5.41) is 0. The summed E-state index contributed by atoms with van der Waals surface area (Å²) in [7, 11) is 0. The fourth-order valence-electron chi connectivity index (χ4n) is 4.05. The molecular weight excluding hydrogens is 316 g/mol. The molecule has 4 heteroatoms. The number of nitrogens with zero attached hydrogens (tertiary/aromatic N) is 1. The zero-order valence-electron chi connectivity index (χ0n) is 13.7. The number of primary amides is 1. The van der Waals surface area contributed by atoms with E-state index in [1.807, 2.05) is 12.1 Å². The lowest BCUT2D eigenvalue weighted by atomic mass is 9.82. The molecule has 2 aromatic rings. The van der Waals surface area contributed by atoms with Crippen molar-refractivity contribution < 1.29 is 4.79 Å². The van der Waals surface area contributed by atoms with E-state index in [9.17, 15) is 4.79 Å². The van der Waals surface area contributed by atoms with Gasteiger partial charge in [0.25, 0.3) is 0 Å². The van der Waals surface area contributed by atoms with Crippen molar-refractivity contribution >= 4 is 29.0 Å². The van der Waals surface area contributed by atoms with Crippen molar-refractivity contribution in [3.63, 3.8) is 0 Å². The number of rotatable bonds is 3. The molecule has 1 amide bonds. The van der Waals surface area contributed by atoms with Crippen LogP contribution < -0.4 is 10.6 Å². The molecule has 4 rings (SSSR count). The van der Waals surface area contributed by atoms with Crippen molar-refractivity contribution in [1.82, 2.24) is 0 Å². The second-order valence-corrected chi connectivity index (χ2v) is 7.74. The monoisotopic (exact) mass is 338 g/mol. The molecule has 24 heavy (non-hydrogen) atoms. The average molecular weight is 338 g/mol. The predicted molar refractivity (Wildman–Crippen MR) is 98.7 cm³/mol.